The van der Waals surface area contributed by atoms with Crippen molar-refractivity contribution in [2.75, 3.05) is 19.4 Å². The summed E-state index contributed by atoms with van der Waals surface area (Å²) in [6, 6.07) is 7.07. The van der Waals surface area contributed by atoms with E-state index in [0.717, 1.165) is 31.9 Å². The van der Waals surface area contributed by atoms with Crippen molar-refractivity contribution in [3.63, 3.8) is 0 Å². The van der Waals surface area contributed by atoms with Gasteiger partial charge in [0.1, 0.15) is 4.83 Å². The van der Waals surface area contributed by atoms with Crippen molar-refractivity contribution in [1.29, 1.82) is 0 Å². The summed E-state index contributed by atoms with van der Waals surface area (Å²) < 4.78 is 1.48. The van der Waals surface area contributed by atoms with Crippen LogP contribution in [-0.2, 0) is 11.3 Å². The summed E-state index contributed by atoms with van der Waals surface area (Å²) in [7, 11) is 3.40. The Labute approximate surface area is 176 Å². The first-order chi connectivity index (χ1) is 13.8. The zero-order chi connectivity index (χ0) is 21.1. The lowest BCUT2D eigenvalue weighted by atomic mass is 10.2. The third-order valence-electron chi connectivity index (χ3n) is 4.44. The molecule has 0 fully saturated rings. The summed E-state index contributed by atoms with van der Waals surface area (Å²) in [5.41, 5.74) is 1.48. The molecule has 2 aromatic heterocycles. The zero-order valence-corrected chi connectivity index (χ0v) is 18.3. The average Bonchev–Trinajstić information content (AvgIpc) is 2.97. The number of benzene rings is 1. The lowest BCUT2D eigenvalue weighted by Gasteiger charge is -2.10. The number of carbonyl (C=O) groups is 2. The lowest BCUT2D eigenvalue weighted by molar-refractivity contribution is -0.116. The molecule has 0 radical (unpaired) electrons. The Morgan fingerprint density at radius 2 is 1.90 bits per heavy atom. The fraction of sp³-hybridized carbons (Fsp3) is 0.300. The van der Waals surface area contributed by atoms with Crippen LogP contribution in [0.5, 0.6) is 0 Å². The van der Waals surface area contributed by atoms with Gasteiger partial charge in [-0.1, -0.05) is 0 Å². The van der Waals surface area contributed by atoms with Gasteiger partial charge in [-0.25, -0.2) is 4.98 Å². The van der Waals surface area contributed by atoms with Gasteiger partial charge in [-0.15, -0.1) is 11.3 Å². The molecule has 0 spiro atoms. The fourth-order valence-electron chi connectivity index (χ4n) is 2.67. The molecular weight excluding hydrogens is 408 g/mol. The molecule has 0 saturated heterocycles. The van der Waals surface area contributed by atoms with E-state index < -0.39 is 0 Å². The largest absolute Gasteiger partial charge is 0.339 e. The number of hydrogen-bond acceptors (Lipinski definition) is 6. The number of aryl methyl sites for hydroxylation is 3. The predicted molar refractivity (Wildman–Crippen MR) is 118 cm³/mol. The minimum atomic E-state index is -0.194. The van der Waals surface area contributed by atoms with Crippen LogP contribution in [0.25, 0.3) is 10.2 Å². The third-order valence-corrected chi connectivity index (χ3v) is 6.61. The van der Waals surface area contributed by atoms with Crippen LogP contribution in [0.3, 0.4) is 0 Å². The van der Waals surface area contributed by atoms with E-state index in [2.05, 4.69) is 10.3 Å². The van der Waals surface area contributed by atoms with Gasteiger partial charge in [0.25, 0.3) is 10.8 Å². The molecule has 1 aromatic carbocycles. The second kappa shape index (κ2) is 8.79. The van der Waals surface area contributed by atoms with Crippen LogP contribution in [0.2, 0.25) is 0 Å². The number of nitrogens with zero attached hydrogens (tertiary/aromatic N) is 3. The van der Waals surface area contributed by atoms with Gasteiger partial charge in [0.2, 0.25) is 5.91 Å². The molecule has 0 aliphatic carbocycles. The van der Waals surface area contributed by atoms with E-state index in [0.29, 0.717) is 11.1 Å². The topological polar surface area (TPSA) is 84.3 Å². The SMILES string of the molecule is Cc1sc2ncn(CCC(=O)Nc3ccc(SC(=O)N(C)C)cc3)c(=O)c2c1C. The molecule has 7 nitrogen and oxygen atoms in total. The number of thioether (sulfide) groups is 1. The maximum Gasteiger partial charge on any atom is 0.285 e. The third kappa shape index (κ3) is 4.86. The first-order valence-corrected chi connectivity index (χ1v) is 10.6. The molecule has 3 aromatic rings. The average molecular weight is 431 g/mol. The van der Waals surface area contributed by atoms with Gasteiger partial charge in [-0.3, -0.25) is 19.0 Å². The predicted octanol–water partition coefficient (Wildman–Crippen LogP) is 3.88. The fourth-order valence-corrected chi connectivity index (χ4v) is 4.32. The molecule has 0 aliphatic heterocycles. The molecule has 0 unspecified atom stereocenters. The quantitative estimate of drug-likeness (QED) is 0.621. The number of anilines is 1. The van der Waals surface area contributed by atoms with Crippen LogP contribution >= 0.6 is 23.1 Å². The highest BCUT2D eigenvalue weighted by molar-refractivity contribution is 8.13. The van der Waals surface area contributed by atoms with Gasteiger partial charge in [0, 0.05) is 42.5 Å². The smallest absolute Gasteiger partial charge is 0.285 e. The summed E-state index contributed by atoms with van der Waals surface area (Å²) >= 11 is 2.63. The zero-order valence-electron chi connectivity index (χ0n) is 16.7. The first-order valence-electron chi connectivity index (χ1n) is 9.00. The van der Waals surface area contributed by atoms with Crippen LogP contribution in [0.1, 0.15) is 16.9 Å². The highest BCUT2D eigenvalue weighted by Crippen LogP contribution is 2.25. The Morgan fingerprint density at radius 1 is 1.21 bits per heavy atom. The molecule has 9 heteroatoms. The van der Waals surface area contributed by atoms with Crippen LogP contribution in [0, 0.1) is 13.8 Å². The van der Waals surface area contributed by atoms with Crippen LogP contribution in [0.4, 0.5) is 10.5 Å². The van der Waals surface area contributed by atoms with Crippen LogP contribution < -0.4 is 10.9 Å². The number of aromatic nitrogens is 2. The summed E-state index contributed by atoms with van der Waals surface area (Å²) in [6.45, 7) is 4.15. The molecule has 0 bridgehead atoms. The molecule has 2 amide bonds. The minimum Gasteiger partial charge on any atom is -0.339 e. The van der Waals surface area contributed by atoms with Crippen molar-refractivity contribution >= 4 is 50.1 Å². The number of nitrogens with one attached hydrogen (secondary N) is 1. The van der Waals surface area contributed by atoms with Gasteiger partial charge in [0.15, 0.2) is 0 Å². The highest BCUT2D eigenvalue weighted by atomic mass is 32.2. The van der Waals surface area contributed by atoms with Crippen molar-refractivity contribution in [1.82, 2.24) is 14.5 Å². The number of carbonyl (C=O) groups excluding carboxylic acids is 2. The van der Waals surface area contributed by atoms with E-state index in [1.54, 1.807) is 38.4 Å². The lowest BCUT2D eigenvalue weighted by Crippen LogP contribution is -2.23. The number of rotatable bonds is 5. The monoisotopic (exact) mass is 430 g/mol. The Bertz CT molecular complexity index is 1120. The Kier molecular flexibility index (Phi) is 6.39. The highest BCUT2D eigenvalue weighted by Gasteiger charge is 2.13. The summed E-state index contributed by atoms with van der Waals surface area (Å²) in [5, 5.41) is 3.38. The molecule has 1 N–H and O–H groups in total. The van der Waals surface area contributed by atoms with Crippen LogP contribution in [-0.4, -0.2) is 39.7 Å². The van der Waals surface area contributed by atoms with E-state index in [-0.39, 0.29) is 29.7 Å². The molecule has 0 atom stereocenters. The summed E-state index contributed by atoms with van der Waals surface area (Å²) in [5.74, 6) is -0.194. The van der Waals surface area contributed by atoms with Gasteiger partial charge in [0.05, 0.1) is 11.7 Å². The van der Waals surface area contributed by atoms with Crippen molar-refractivity contribution < 1.29 is 9.59 Å². The van der Waals surface area contributed by atoms with E-state index in [1.807, 2.05) is 13.8 Å². The van der Waals surface area contributed by atoms with Crippen molar-refractivity contribution in [3.8, 4) is 0 Å². The van der Waals surface area contributed by atoms with Crippen molar-refractivity contribution in [3.05, 3.63) is 51.4 Å². The Hall–Kier alpha value is -2.65. The number of hydrogen-bond donors (Lipinski definition) is 1. The Morgan fingerprint density at radius 3 is 2.55 bits per heavy atom. The molecular formula is C20H22N4O3S2. The Balaban J connectivity index is 1.61. The molecule has 2 heterocycles. The van der Waals surface area contributed by atoms with E-state index in [9.17, 15) is 14.4 Å². The summed E-state index contributed by atoms with van der Waals surface area (Å²) in [4.78, 5) is 45.1. The second-order valence-corrected chi connectivity index (χ2v) is 9.02. The molecule has 29 heavy (non-hydrogen) atoms. The van der Waals surface area contributed by atoms with E-state index in [1.165, 1.54) is 27.1 Å². The molecule has 3 rings (SSSR count). The normalized spacial score (nSPS) is 10.9. The molecule has 0 saturated carbocycles. The minimum absolute atomic E-state index is 0.0612. The summed E-state index contributed by atoms with van der Waals surface area (Å²) in [6.07, 6.45) is 1.66. The maximum atomic E-state index is 12.7. The van der Waals surface area contributed by atoms with Crippen molar-refractivity contribution in [2.24, 2.45) is 0 Å². The van der Waals surface area contributed by atoms with E-state index in [4.69, 9.17) is 0 Å². The second-order valence-electron chi connectivity index (χ2n) is 6.79. The van der Waals surface area contributed by atoms with Gasteiger partial charge in [-0.05, 0) is 55.4 Å². The molecule has 0 aliphatic rings. The number of fused-ring (bicyclic) bond motifs is 1. The molecule has 152 valence electrons. The van der Waals surface area contributed by atoms with E-state index >= 15 is 0 Å². The van der Waals surface area contributed by atoms with Crippen LogP contribution in [0.15, 0.2) is 40.3 Å². The van der Waals surface area contributed by atoms with Crippen molar-refractivity contribution in [2.45, 2.75) is 31.7 Å². The van der Waals surface area contributed by atoms with Gasteiger partial charge in [-0.2, -0.15) is 0 Å². The number of amides is 2. The first kappa shape index (κ1) is 21.1. The standard InChI is InChI=1S/C20H22N4O3S2/c1-12-13(2)28-18-17(12)19(26)24(11-21-18)10-9-16(25)22-14-5-7-15(8-6-14)29-20(27)23(3)4/h5-8,11H,9-10H2,1-4H3,(H,22,25). The maximum absolute atomic E-state index is 12.7. The number of thiophene rings is 1. The van der Waals surface area contributed by atoms with Gasteiger partial charge >= 0.3 is 0 Å². The van der Waals surface area contributed by atoms with Gasteiger partial charge < -0.3 is 10.2 Å².